The number of rotatable bonds is 3. The molecule has 2 N–H and O–H groups in total. The van der Waals surface area contributed by atoms with Crippen LogP contribution in [0.2, 0.25) is 6.82 Å². The van der Waals surface area contributed by atoms with Gasteiger partial charge in [0.1, 0.15) is 0 Å². The van der Waals surface area contributed by atoms with Crippen molar-refractivity contribution in [2.24, 2.45) is 0 Å². The van der Waals surface area contributed by atoms with Crippen LogP contribution >= 0.6 is 0 Å². The quantitative estimate of drug-likeness (QED) is 0.839. The summed E-state index contributed by atoms with van der Waals surface area (Å²) < 4.78 is 0. The zero-order valence-electron chi connectivity index (χ0n) is 11.8. The van der Waals surface area contributed by atoms with Crippen molar-refractivity contribution in [3.05, 3.63) is 29.3 Å². The highest BCUT2D eigenvalue weighted by Crippen LogP contribution is 2.35. The van der Waals surface area contributed by atoms with Gasteiger partial charge in [-0.25, -0.2) is 4.79 Å². The number of fused-ring (bicyclic) bond motifs is 1. The van der Waals surface area contributed by atoms with Gasteiger partial charge in [0.15, 0.2) is 7.28 Å². The van der Waals surface area contributed by atoms with Crippen LogP contribution in [0.1, 0.15) is 53.9 Å². The van der Waals surface area contributed by atoms with E-state index in [0.717, 1.165) is 11.1 Å². The minimum absolute atomic E-state index is 0.344. The Morgan fingerprint density at radius 1 is 1.30 bits per heavy atom. The summed E-state index contributed by atoms with van der Waals surface area (Å²) in [5, 5.41) is 10.3. The third kappa shape index (κ3) is 2.24. The molecule has 0 saturated heterocycles. The summed E-state index contributed by atoms with van der Waals surface area (Å²) in [6.07, 6.45) is 6.43. The Morgan fingerprint density at radius 3 is 2.70 bits per heavy atom. The topological polar surface area (TPSA) is 53.1 Å². The number of aromatic carboxylic acids is 1. The predicted molar refractivity (Wildman–Crippen MR) is 82.3 cm³/mol. The van der Waals surface area contributed by atoms with Crippen LogP contribution in [0.4, 0.5) is 0 Å². The van der Waals surface area contributed by atoms with Crippen LogP contribution < -0.4 is 5.59 Å². The number of hydrogen-bond donors (Lipinski definition) is 2. The molecule has 3 nitrogen and oxygen atoms in total. The first kappa shape index (κ1) is 13.3. The van der Waals surface area contributed by atoms with Crippen molar-refractivity contribution < 1.29 is 9.90 Å². The Labute approximate surface area is 119 Å². The molecule has 0 amide bonds. The van der Waals surface area contributed by atoms with Crippen molar-refractivity contribution in [2.45, 2.75) is 44.8 Å². The molecule has 1 fully saturated rings. The second-order valence-electron chi connectivity index (χ2n) is 5.64. The van der Waals surface area contributed by atoms with Gasteiger partial charge < -0.3 is 10.1 Å². The van der Waals surface area contributed by atoms with Gasteiger partial charge >= 0.3 is 5.97 Å². The minimum atomic E-state index is -0.872. The van der Waals surface area contributed by atoms with E-state index < -0.39 is 5.97 Å². The predicted octanol–water partition coefficient (Wildman–Crippen LogP) is 3.29. The first-order valence-electron chi connectivity index (χ1n) is 7.39. The molecule has 0 bridgehead atoms. The second kappa shape index (κ2) is 5.35. The van der Waals surface area contributed by atoms with Gasteiger partial charge in [0, 0.05) is 10.9 Å². The largest absolute Gasteiger partial charge is 0.478 e. The van der Waals surface area contributed by atoms with E-state index in [9.17, 15) is 4.79 Å². The summed E-state index contributed by atoms with van der Waals surface area (Å²) in [6, 6.07) is 5.42. The molecule has 0 spiro atoms. The number of aromatic amines is 1. The lowest BCUT2D eigenvalue weighted by Crippen LogP contribution is -2.20. The van der Waals surface area contributed by atoms with Crippen LogP contribution in [0, 0.1) is 0 Å². The van der Waals surface area contributed by atoms with E-state index in [0.29, 0.717) is 11.5 Å². The minimum Gasteiger partial charge on any atom is -0.478 e. The Balaban J connectivity index is 2.11. The Hall–Kier alpha value is -1.71. The molecule has 103 valence electrons. The summed E-state index contributed by atoms with van der Waals surface area (Å²) in [5.74, 6) is -0.262. The average molecular weight is 268 g/mol. The normalized spacial score (nSPS) is 16.4. The Kier molecular flexibility index (Phi) is 3.55. The van der Waals surface area contributed by atoms with E-state index in [4.69, 9.17) is 5.11 Å². The number of aromatic nitrogens is 1. The molecule has 0 aliphatic heterocycles. The van der Waals surface area contributed by atoms with E-state index in [1.165, 1.54) is 43.1 Å². The number of benzene rings is 1. The van der Waals surface area contributed by atoms with Gasteiger partial charge in [-0.05, 0) is 42.0 Å². The van der Waals surface area contributed by atoms with Crippen LogP contribution in [-0.2, 0) is 0 Å². The maximum atomic E-state index is 11.1. The fourth-order valence-electron chi connectivity index (χ4n) is 3.43. The van der Waals surface area contributed by atoms with Gasteiger partial charge in [-0.15, -0.1) is 0 Å². The van der Waals surface area contributed by atoms with Crippen molar-refractivity contribution in [3.8, 4) is 0 Å². The number of carboxylic acids is 1. The van der Waals surface area contributed by atoms with Crippen LogP contribution in [0.3, 0.4) is 0 Å². The third-order valence-corrected chi connectivity index (χ3v) is 4.42. The van der Waals surface area contributed by atoms with E-state index in [1.54, 1.807) is 12.1 Å². The van der Waals surface area contributed by atoms with Crippen LogP contribution in [0.5, 0.6) is 0 Å². The maximum Gasteiger partial charge on any atom is 0.335 e. The molecule has 20 heavy (non-hydrogen) atoms. The average Bonchev–Trinajstić information content (AvgIpc) is 2.85. The zero-order valence-corrected chi connectivity index (χ0v) is 11.8. The van der Waals surface area contributed by atoms with E-state index in [-0.39, 0.29) is 0 Å². The van der Waals surface area contributed by atoms with Crippen molar-refractivity contribution in [1.29, 1.82) is 0 Å². The van der Waals surface area contributed by atoms with Gasteiger partial charge in [0.25, 0.3) is 0 Å². The smallest absolute Gasteiger partial charge is 0.335 e. The molecule has 1 aliphatic rings. The lowest BCUT2D eigenvalue weighted by molar-refractivity contribution is 0.0697. The molecule has 1 aromatic heterocycles. The highest BCUT2D eigenvalue weighted by molar-refractivity contribution is 6.52. The standard InChI is InChI=1S/C16H19BNO2/c1-17-15-14(10-5-3-2-4-6-10)12-8-7-11(16(19)20)9-13(12)18-15/h7-10,18H,2-6H2,1H3,(H,19,20). The first-order valence-corrected chi connectivity index (χ1v) is 7.39. The van der Waals surface area contributed by atoms with E-state index in [1.807, 2.05) is 12.9 Å². The van der Waals surface area contributed by atoms with Crippen molar-refractivity contribution in [2.75, 3.05) is 0 Å². The molecule has 3 rings (SSSR count). The highest BCUT2D eigenvalue weighted by atomic mass is 16.4. The number of carbonyl (C=O) groups is 1. The van der Waals surface area contributed by atoms with Crippen molar-refractivity contribution in [1.82, 2.24) is 4.98 Å². The number of nitrogens with one attached hydrogen (secondary N) is 1. The highest BCUT2D eigenvalue weighted by Gasteiger charge is 2.22. The Morgan fingerprint density at radius 2 is 2.05 bits per heavy atom. The SMILES string of the molecule is C[B]c1[nH]c2cc(C(=O)O)ccc2c1C1CCCCC1. The molecule has 4 heteroatoms. The molecule has 1 radical (unpaired) electrons. The Bertz CT molecular complexity index is 641. The second-order valence-corrected chi connectivity index (χ2v) is 5.64. The molecule has 1 aromatic carbocycles. The first-order chi connectivity index (χ1) is 9.70. The molecule has 1 saturated carbocycles. The van der Waals surface area contributed by atoms with Gasteiger partial charge in [-0.2, -0.15) is 0 Å². The van der Waals surface area contributed by atoms with Gasteiger partial charge in [0.2, 0.25) is 0 Å². The fourth-order valence-corrected chi connectivity index (χ4v) is 3.43. The zero-order chi connectivity index (χ0) is 14.1. The van der Waals surface area contributed by atoms with Gasteiger partial charge in [-0.1, -0.05) is 32.2 Å². The molecule has 1 aliphatic carbocycles. The number of carboxylic acid groups (broad SMARTS) is 1. The lowest BCUT2D eigenvalue weighted by atomic mass is 9.71. The van der Waals surface area contributed by atoms with Gasteiger partial charge in [-0.3, -0.25) is 0 Å². The summed E-state index contributed by atoms with van der Waals surface area (Å²) in [4.78, 5) is 14.5. The summed E-state index contributed by atoms with van der Waals surface area (Å²) >= 11 is 0. The molecular weight excluding hydrogens is 249 g/mol. The number of hydrogen-bond acceptors (Lipinski definition) is 1. The van der Waals surface area contributed by atoms with Crippen molar-refractivity contribution in [3.63, 3.8) is 0 Å². The van der Waals surface area contributed by atoms with Crippen molar-refractivity contribution >= 4 is 29.7 Å². The summed E-state index contributed by atoms with van der Waals surface area (Å²) in [5.41, 5.74) is 3.84. The molecule has 0 atom stereocenters. The molecule has 1 heterocycles. The third-order valence-electron chi connectivity index (χ3n) is 4.42. The van der Waals surface area contributed by atoms with E-state index in [2.05, 4.69) is 12.3 Å². The van der Waals surface area contributed by atoms with E-state index >= 15 is 0 Å². The summed E-state index contributed by atoms with van der Waals surface area (Å²) in [7, 11) is 2.10. The van der Waals surface area contributed by atoms with Crippen LogP contribution in [0.25, 0.3) is 10.9 Å². The van der Waals surface area contributed by atoms with Crippen LogP contribution in [0.15, 0.2) is 18.2 Å². The fraction of sp³-hybridized carbons (Fsp3) is 0.438. The number of H-pyrrole nitrogens is 1. The maximum absolute atomic E-state index is 11.1. The van der Waals surface area contributed by atoms with Crippen LogP contribution in [-0.4, -0.2) is 23.3 Å². The summed E-state index contributed by atoms with van der Waals surface area (Å²) in [6.45, 7) is 2.04. The monoisotopic (exact) mass is 268 g/mol. The molecule has 0 unspecified atom stereocenters. The lowest BCUT2D eigenvalue weighted by Gasteiger charge is -2.22. The van der Waals surface area contributed by atoms with Gasteiger partial charge in [0.05, 0.1) is 5.56 Å². The molecular formula is C16H19BNO2. The molecule has 2 aromatic rings.